The monoisotopic (exact) mass is 408 g/mol. The SMILES string of the molecule is CCCn1nc(NC(=O)COc2ccc(Cl)cc2)c2cc3cc(C)ccc3nc21. The maximum absolute atomic E-state index is 12.4. The Balaban J connectivity index is 1.61. The Kier molecular flexibility index (Phi) is 5.36. The van der Waals surface area contributed by atoms with Crippen LogP contribution in [0, 0.1) is 6.92 Å². The molecule has 0 saturated heterocycles. The summed E-state index contributed by atoms with van der Waals surface area (Å²) >= 11 is 5.87. The zero-order chi connectivity index (χ0) is 20.4. The molecular formula is C22H21ClN4O2. The molecule has 0 radical (unpaired) electrons. The molecule has 7 heteroatoms. The lowest BCUT2D eigenvalue weighted by atomic mass is 10.1. The van der Waals surface area contributed by atoms with E-state index in [1.54, 1.807) is 24.3 Å². The molecule has 29 heavy (non-hydrogen) atoms. The third kappa shape index (κ3) is 4.17. The number of fused-ring (bicyclic) bond motifs is 2. The molecular weight excluding hydrogens is 388 g/mol. The van der Waals surface area contributed by atoms with Crippen LogP contribution >= 0.6 is 11.6 Å². The number of aromatic nitrogens is 3. The Morgan fingerprint density at radius 3 is 2.72 bits per heavy atom. The van der Waals surface area contributed by atoms with Crippen LogP contribution in [0.15, 0.2) is 48.5 Å². The summed E-state index contributed by atoms with van der Waals surface area (Å²) in [6.45, 7) is 4.72. The van der Waals surface area contributed by atoms with E-state index in [2.05, 4.69) is 23.4 Å². The lowest BCUT2D eigenvalue weighted by molar-refractivity contribution is -0.118. The van der Waals surface area contributed by atoms with Crippen molar-refractivity contribution in [2.75, 3.05) is 11.9 Å². The van der Waals surface area contributed by atoms with Crippen LogP contribution in [-0.2, 0) is 11.3 Å². The summed E-state index contributed by atoms with van der Waals surface area (Å²) in [6, 6.07) is 15.0. The van der Waals surface area contributed by atoms with Gasteiger partial charge in [-0.15, -0.1) is 0 Å². The Labute approximate surface area is 173 Å². The van der Waals surface area contributed by atoms with E-state index in [1.807, 2.05) is 29.8 Å². The Hall–Kier alpha value is -3.12. The van der Waals surface area contributed by atoms with E-state index in [9.17, 15) is 4.79 Å². The number of anilines is 1. The summed E-state index contributed by atoms with van der Waals surface area (Å²) in [5.41, 5.74) is 2.82. The second-order valence-corrected chi connectivity index (χ2v) is 7.35. The van der Waals surface area contributed by atoms with Gasteiger partial charge in [-0.3, -0.25) is 4.79 Å². The van der Waals surface area contributed by atoms with Crippen molar-refractivity contribution < 1.29 is 9.53 Å². The van der Waals surface area contributed by atoms with Gasteiger partial charge in [-0.25, -0.2) is 9.67 Å². The fourth-order valence-electron chi connectivity index (χ4n) is 3.19. The molecule has 6 nitrogen and oxygen atoms in total. The number of ether oxygens (including phenoxy) is 1. The molecule has 0 saturated carbocycles. The van der Waals surface area contributed by atoms with Crippen molar-refractivity contribution in [3.8, 4) is 5.75 Å². The highest BCUT2D eigenvalue weighted by Gasteiger charge is 2.15. The second-order valence-electron chi connectivity index (χ2n) is 6.92. The molecule has 2 heterocycles. The summed E-state index contributed by atoms with van der Waals surface area (Å²) in [6.07, 6.45) is 0.914. The fraction of sp³-hybridized carbons (Fsp3) is 0.227. The molecule has 148 valence electrons. The van der Waals surface area contributed by atoms with Crippen LogP contribution < -0.4 is 10.1 Å². The van der Waals surface area contributed by atoms with Crippen LogP contribution in [-0.4, -0.2) is 27.3 Å². The number of nitrogens with one attached hydrogen (secondary N) is 1. The lowest BCUT2D eigenvalue weighted by Crippen LogP contribution is -2.20. The van der Waals surface area contributed by atoms with Gasteiger partial charge < -0.3 is 10.1 Å². The van der Waals surface area contributed by atoms with Gasteiger partial charge in [-0.2, -0.15) is 5.10 Å². The largest absolute Gasteiger partial charge is 0.484 e. The number of aryl methyl sites for hydroxylation is 2. The number of hydrogen-bond donors (Lipinski definition) is 1. The van der Waals surface area contributed by atoms with E-state index in [0.29, 0.717) is 16.6 Å². The van der Waals surface area contributed by atoms with Crippen molar-refractivity contribution in [2.45, 2.75) is 26.8 Å². The minimum absolute atomic E-state index is 0.121. The minimum atomic E-state index is -0.285. The van der Waals surface area contributed by atoms with E-state index in [0.717, 1.165) is 40.5 Å². The normalized spacial score (nSPS) is 11.1. The van der Waals surface area contributed by atoms with Crippen LogP contribution in [0.5, 0.6) is 5.75 Å². The van der Waals surface area contributed by atoms with Gasteiger partial charge in [0.25, 0.3) is 5.91 Å². The van der Waals surface area contributed by atoms with Gasteiger partial charge >= 0.3 is 0 Å². The van der Waals surface area contributed by atoms with Crippen molar-refractivity contribution in [3.05, 3.63) is 59.1 Å². The van der Waals surface area contributed by atoms with Crippen LogP contribution in [0.3, 0.4) is 0 Å². The number of halogens is 1. The average Bonchev–Trinajstić information content (AvgIpc) is 3.02. The van der Waals surface area contributed by atoms with Gasteiger partial charge in [-0.05, 0) is 55.8 Å². The van der Waals surface area contributed by atoms with E-state index < -0.39 is 0 Å². The second kappa shape index (κ2) is 8.09. The first-order chi connectivity index (χ1) is 14.0. The van der Waals surface area contributed by atoms with Crippen molar-refractivity contribution in [3.63, 3.8) is 0 Å². The Morgan fingerprint density at radius 1 is 1.17 bits per heavy atom. The predicted octanol–water partition coefficient (Wildman–Crippen LogP) is 4.97. The number of carbonyl (C=O) groups is 1. The topological polar surface area (TPSA) is 69.0 Å². The Bertz CT molecular complexity index is 1190. The molecule has 4 aromatic rings. The number of pyridine rings is 1. The molecule has 0 aliphatic carbocycles. The number of nitrogens with zero attached hydrogens (tertiary/aromatic N) is 3. The molecule has 0 atom stereocenters. The van der Waals surface area contributed by atoms with E-state index in [1.165, 1.54) is 0 Å². The Morgan fingerprint density at radius 2 is 1.97 bits per heavy atom. The third-order valence-electron chi connectivity index (χ3n) is 4.55. The summed E-state index contributed by atoms with van der Waals surface area (Å²) in [4.78, 5) is 17.2. The van der Waals surface area contributed by atoms with Gasteiger partial charge in [0.1, 0.15) is 5.75 Å². The summed E-state index contributed by atoms with van der Waals surface area (Å²) < 4.78 is 7.36. The van der Waals surface area contributed by atoms with E-state index in [4.69, 9.17) is 21.3 Å². The molecule has 2 aromatic carbocycles. The maximum atomic E-state index is 12.4. The zero-order valence-corrected chi connectivity index (χ0v) is 17.0. The van der Waals surface area contributed by atoms with Crippen molar-refractivity contribution in [2.24, 2.45) is 0 Å². The molecule has 0 aliphatic rings. The van der Waals surface area contributed by atoms with E-state index in [-0.39, 0.29) is 12.5 Å². The van der Waals surface area contributed by atoms with Crippen molar-refractivity contribution >= 4 is 45.3 Å². The molecule has 0 bridgehead atoms. The quantitative estimate of drug-likeness (QED) is 0.488. The number of benzene rings is 2. The van der Waals surface area contributed by atoms with E-state index >= 15 is 0 Å². The molecule has 0 spiro atoms. The fourth-order valence-corrected chi connectivity index (χ4v) is 3.31. The standard InChI is InChI=1S/C22H21ClN4O2/c1-3-10-27-22-18(12-15-11-14(2)4-9-19(15)24-22)21(26-27)25-20(28)13-29-17-7-5-16(23)6-8-17/h4-9,11-12H,3,10,13H2,1-2H3,(H,25,26,28). The van der Waals surface area contributed by atoms with Gasteiger partial charge in [0.2, 0.25) is 0 Å². The first-order valence-electron chi connectivity index (χ1n) is 9.49. The van der Waals surface area contributed by atoms with Gasteiger partial charge in [0, 0.05) is 17.0 Å². The highest BCUT2D eigenvalue weighted by Crippen LogP contribution is 2.27. The molecule has 0 unspecified atom stereocenters. The summed E-state index contributed by atoms with van der Waals surface area (Å²) in [7, 11) is 0. The highest BCUT2D eigenvalue weighted by atomic mass is 35.5. The molecule has 0 aliphatic heterocycles. The highest BCUT2D eigenvalue weighted by molar-refractivity contribution is 6.30. The smallest absolute Gasteiger partial charge is 0.263 e. The van der Waals surface area contributed by atoms with Crippen molar-refractivity contribution in [1.82, 2.24) is 14.8 Å². The molecule has 4 rings (SSSR count). The number of amides is 1. The van der Waals surface area contributed by atoms with Crippen LogP contribution in [0.2, 0.25) is 5.02 Å². The predicted molar refractivity (Wildman–Crippen MR) is 116 cm³/mol. The number of carbonyl (C=O) groups excluding carboxylic acids is 1. The maximum Gasteiger partial charge on any atom is 0.263 e. The lowest BCUT2D eigenvalue weighted by Gasteiger charge is -2.06. The van der Waals surface area contributed by atoms with Gasteiger partial charge in [-0.1, -0.05) is 30.2 Å². The number of rotatable bonds is 6. The third-order valence-corrected chi connectivity index (χ3v) is 4.80. The van der Waals surface area contributed by atoms with Crippen LogP contribution in [0.25, 0.3) is 21.9 Å². The number of hydrogen-bond acceptors (Lipinski definition) is 4. The van der Waals surface area contributed by atoms with Crippen LogP contribution in [0.4, 0.5) is 5.82 Å². The first-order valence-corrected chi connectivity index (χ1v) is 9.87. The molecule has 1 amide bonds. The van der Waals surface area contributed by atoms with Crippen LogP contribution in [0.1, 0.15) is 18.9 Å². The van der Waals surface area contributed by atoms with Crippen molar-refractivity contribution in [1.29, 1.82) is 0 Å². The molecule has 0 fully saturated rings. The van der Waals surface area contributed by atoms with Gasteiger partial charge in [0.15, 0.2) is 18.1 Å². The zero-order valence-electron chi connectivity index (χ0n) is 16.3. The first kappa shape index (κ1) is 19.2. The average molecular weight is 409 g/mol. The summed E-state index contributed by atoms with van der Waals surface area (Å²) in [5, 5.41) is 9.89. The van der Waals surface area contributed by atoms with Gasteiger partial charge in [0.05, 0.1) is 10.9 Å². The minimum Gasteiger partial charge on any atom is -0.484 e. The molecule has 2 aromatic heterocycles. The summed E-state index contributed by atoms with van der Waals surface area (Å²) in [5.74, 6) is 0.787. The molecule has 1 N–H and O–H groups in total.